The van der Waals surface area contributed by atoms with Gasteiger partial charge in [0.25, 0.3) is 0 Å². The van der Waals surface area contributed by atoms with Crippen LogP contribution in [0.25, 0.3) is 10.9 Å². The molecule has 188 valence electrons. The molecule has 3 aromatic rings. The van der Waals surface area contributed by atoms with E-state index in [0.717, 1.165) is 36.8 Å². The van der Waals surface area contributed by atoms with E-state index in [2.05, 4.69) is 15.7 Å². The van der Waals surface area contributed by atoms with E-state index >= 15 is 0 Å². The van der Waals surface area contributed by atoms with Gasteiger partial charge in [-0.05, 0) is 74.7 Å². The Morgan fingerprint density at radius 1 is 1.11 bits per heavy atom. The molecule has 2 aromatic carbocycles. The number of aromatic carboxylic acids is 1. The molecule has 0 atom stereocenters. The largest absolute Gasteiger partial charge is 0.497 e. The van der Waals surface area contributed by atoms with Crippen molar-refractivity contribution in [3.05, 3.63) is 59.5 Å². The molecular formula is C27H33FN2O5. The lowest BCUT2D eigenvalue weighted by Gasteiger charge is -2.31. The normalized spacial score (nSPS) is 14.9. The van der Waals surface area contributed by atoms with E-state index in [1.54, 1.807) is 18.2 Å². The molecule has 0 unspecified atom stereocenters. The van der Waals surface area contributed by atoms with Crippen LogP contribution in [-0.4, -0.2) is 67.1 Å². The number of piperidine rings is 1. The zero-order valence-corrected chi connectivity index (χ0v) is 20.3. The molecule has 0 bridgehead atoms. The van der Waals surface area contributed by atoms with Crippen LogP contribution in [0.4, 0.5) is 4.39 Å². The van der Waals surface area contributed by atoms with Crippen LogP contribution in [0, 0.1) is 5.82 Å². The molecule has 8 heteroatoms. The molecule has 1 aromatic heterocycles. The third-order valence-electron chi connectivity index (χ3n) is 6.67. The average molecular weight is 485 g/mol. The van der Waals surface area contributed by atoms with Crippen molar-refractivity contribution >= 4 is 16.9 Å². The molecule has 4 rings (SSSR count). The van der Waals surface area contributed by atoms with Crippen molar-refractivity contribution in [2.75, 3.05) is 46.6 Å². The Kier molecular flexibility index (Phi) is 8.25. The van der Waals surface area contributed by atoms with Crippen LogP contribution >= 0.6 is 0 Å². The van der Waals surface area contributed by atoms with Crippen LogP contribution in [0.2, 0.25) is 0 Å². The maximum atomic E-state index is 14.0. The predicted molar refractivity (Wildman–Crippen MR) is 132 cm³/mol. The molecule has 1 saturated heterocycles. The van der Waals surface area contributed by atoms with Gasteiger partial charge in [-0.25, -0.2) is 9.18 Å². The van der Waals surface area contributed by atoms with Gasteiger partial charge in [0.15, 0.2) is 0 Å². The van der Waals surface area contributed by atoms with E-state index in [9.17, 15) is 14.3 Å². The predicted octanol–water partition coefficient (Wildman–Crippen LogP) is 4.78. The molecule has 0 saturated carbocycles. The van der Waals surface area contributed by atoms with E-state index in [1.807, 2.05) is 13.0 Å². The van der Waals surface area contributed by atoms with Gasteiger partial charge < -0.3 is 23.9 Å². The molecule has 1 aliphatic heterocycles. The third-order valence-corrected chi connectivity index (χ3v) is 6.67. The molecule has 2 heterocycles. The smallest absolute Gasteiger partial charge is 0.339 e. The minimum atomic E-state index is -1.02. The number of carboxylic acid groups (broad SMARTS) is 1. The molecule has 0 radical (unpaired) electrons. The zero-order valence-electron chi connectivity index (χ0n) is 20.3. The average Bonchev–Trinajstić information content (AvgIpc) is 3.22. The molecule has 35 heavy (non-hydrogen) atoms. The fourth-order valence-corrected chi connectivity index (χ4v) is 4.79. The second-order valence-corrected chi connectivity index (χ2v) is 8.77. The Hall–Kier alpha value is -3.10. The van der Waals surface area contributed by atoms with E-state index < -0.39 is 5.97 Å². The maximum absolute atomic E-state index is 14.0. The first-order valence-corrected chi connectivity index (χ1v) is 12.1. The summed E-state index contributed by atoms with van der Waals surface area (Å²) < 4.78 is 32.6. The van der Waals surface area contributed by atoms with Crippen LogP contribution in [0.15, 0.2) is 42.6 Å². The van der Waals surface area contributed by atoms with Crippen molar-refractivity contribution in [2.24, 2.45) is 0 Å². The summed E-state index contributed by atoms with van der Waals surface area (Å²) >= 11 is 0. The van der Waals surface area contributed by atoms with Crippen LogP contribution in [0.5, 0.6) is 11.5 Å². The van der Waals surface area contributed by atoms with Crippen molar-refractivity contribution in [1.82, 2.24) is 9.47 Å². The summed E-state index contributed by atoms with van der Waals surface area (Å²) in [6.45, 7) is 6.89. The van der Waals surface area contributed by atoms with Gasteiger partial charge in [-0.15, -0.1) is 0 Å². The lowest BCUT2D eigenvalue weighted by molar-refractivity contribution is 0.0691. The number of rotatable bonds is 11. The van der Waals surface area contributed by atoms with E-state index in [4.69, 9.17) is 14.2 Å². The lowest BCUT2D eigenvalue weighted by Crippen LogP contribution is -2.35. The summed E-state index contributed by atoms with van der Waals surface area (Å²) in [5.41, 5.74) is 2.32. The fourth-order valence-electron chi connectivity index (χ4n) is 4.79. The number of fused-ring (bicyclic) bond motifs is 1. The van der Waals surface area contributed by atoms with Gasteiger partial charge in [-0.2, -0.15) is 0 Å². The number of halogens is 1. The highest BCUT2D eigenvalue weighted by Gasteiger charge is 2.24. The first-order valence-electron chi connectivity index (χ1n) is 12.1. The number of hydrogen-bond donors (Lipinski definition) is 1. The summed E-state index contributed by atoms with van der Waals surface area (Å²) in [6.07, 6.45) is 4.17. The molecule has 7 nitrogen and oxygen atoms in total. The SMILES string of the molecule is CCOCCn1cc(C2CCN(CCOc3cc(OC)ccc3C(=O)O)CC2)c2ccc(F)cc21. The summed E-state index contributed by atoms with van der Waals surface area (Å²) in [5, 5.41) is 10.5. The summed E-state index contributed by atoms with van der Waals surface area (Å²) in [4.78, 5) is 13.8. The highest BCUT2D eigenvalue weighted by molar-refractivity contribution is 5.91. The molecule has 0 spiro atoms. The number of carboxylic acids is 1. The van der Waals surface area contributed by atoms with Crippen LogP contribution in [-0.2, 0) is 11.3 Å². The second-order valence-electron chi connectivity index (χ2n) is 8.77. The van der Waals surface area contributed by atoms with Crippen molar-refractivity contribution in [3.63, 3.8) is 0 Å². The number of aromatic nitrogens is 1. The van der Waals surface area contributed by atoms with Gasteiger partial charge in [-0.1, -0.05) is 0 Å². The molecular weight excluding hydrogens is 451 g/mol. The Balaban J connectivity index is 1.36. The van der Waals surface area contributed by atoms with Crippen LogP contribution in [0.3, 0.4) is 0 Å². The number of nitrogens with zero attached hydrogens (tertiary/aromatic N) is 2. The maximum Gasteiger partial charge on any atom is 0.339 e. The summed E-state index contributed by atoms with van der Waals surface area (Å²) in [7, 11) is 1.54. The Bertz CT molecular complexity index is 1150. The Morgan fingerprint density at radius 3 is 2.63 bits per heavy atom. The van der Waals surface area contributed by atoms with Crippen molar-refractivity contribution in [1.29, 1.82) is 0 Å². The number of ether oxygens (including phenoxy) is 3. The van der Waals surface area contributed by atoms with Crippen molar-refractivity contribution < 1.29 is 28.5 Å². The van der Waals surface area contributed by atoms with Gasteiger partial charge in [-0.3, -0.25) is 4.90 Å². The molecule has 1 N–H and O–H groups in total. The van der Waals surface area contributed by atoms with Gasteiger partial charge in [0.05, 0.1) is 19.2 Å². The first-order chi connectivity index (χ1) is 17.0. The van der Waals surface area contributed by atoms with Gasteiger partial charge >= 0.3 is 5.97 Å². The Morgan fingerprint density at radius 2 is 1.91 bits per heavy atom. The molecule has 1 fully saturated rings. The van der Waals surface area contributed by atoms with Crippen LogP contribution in [0.1, 0.15) is 41.6 Å². The quantitative estimate of drug-likeness (QED) is 0.395. The fraction of sp³-hybridized carbons (Fsp3) is 0.444. The van der Waals surface area contributed by atoms with Gasteiger partial charge in [0.2, 0.25) is 0 Å². The topological polar surface area (TPSA) is 73.2 Å². The number of methoxy groups -OCH3 is 1. The van der Waals surface area contributed by atoms with Crippen LogP contribution < -0.4 is 9.47 Å². The molecule has 0 aliphatic carbocycles. The molecule has 1 aliphatic rings. The van der Waals surface area contributed by atoms with Crippen molar-refractivity contribution in [2.45, 2.75) is 32.2 Å². The molecule has 0 amide bonds. The number of benzene rings is 2. The monoisotopic (exact) mass is 484 g/mol. The number of hydrogen-bond acceptors (Lipinski definition) is 5. The second kappa shape index (κ2) is 11.6. The standard InChI is InChI=1S/C27H33FN2O5/c1-3-34-14-13-30-18-24(22-6-4-20(28)16-25(22)30)19-8-10-29(11-9-19)12-15-35-26-17-21(33-2)5-7-23(26)27(31)32/h4-7,16-19H,3,8-15H2,1-2H3,(H,31,32). The van der Waals surface area contributed by atoms with E-state index in [-0.39, 0.29) is 11.4 Å². The highest BCUT2D eigenvalue weighted by atomic mass is 19.1. The zero-order chi connectivity index (χ0) is 24.8. The first kappa shape index (κ1) is 25.0. The van der Waals surface area contributed by atoms with E-state index in [0.29, 0.717) is 50.3 Å². The van der Waals surface area contributed by atoms with E-state index in [1.165, 1.54) is 24.8 Å². The summed E-state index contributed by atoms with van der Waals surface area (Å²) in [5.74, 6) is 0.0379. The van der Waals surface area contributed by atoms with Gasteiger partial charge in [0, 0.05) is 37.3 Å². The summed E-state index contributed by atoms with van der Waals surface area (Å²) in [6, 6.07) is 9.77. The lowest BCUT2D eigenvalue weighted by atomic mass is 9.89. The Labute approximate surface area is 205 Å². The minimum Gasteiger partial charge on any atom is -0.497 e. The third kappa shape index (κ3) is 5.94. The van der Waals surface area contributed by atoms with Crippen molar-refractivity contribution in [3.8, 4) is 11.5 Å². The van der Waals surface area contributed by atoms with Gasteiger partial charge in [0.1, 0.15) is 29.5 Å². The highest BCUT2D eigenvalue weighted by Crippen LogP contribution is 2.35. The number of likely N-dealkylation sites (tertiary alicyclic amines) is 1. The minimum absolute atomic E-state index is 0.127. The number of carbonyl (C=O) groups is 1.